The second-order valence-corrected chi connectivity index (χ2v) is 6.17. The van der Waals surface area contributed by atoms with Crippen LogP contribution in [-0.4, -0.2) is 5.91 Å². The number of nitrogen functional groups attached to an aromatic ring is 1. The molecule has 1 saturated carbocycles. The highest BCUT2D eigenvalue weighted by Crippen LogP contribution is 2.37. The van der Waals surface area contributed by atoms with E-state index in [1.54, 1.807) is 6.07 Å². The van der Waals surface area contributed by atoms with Gasteiger partial charge in [-0.15, -0.1) is 0 Å². The van der Waals surface area contributed by atoms with Crippen LogP contribution in [0.5, 0.6) is 0 Å². The van der Waals surface area contributed by atoms with Gasteiger partial charge in [0.2, 0.25) is 5.91 Å². The van der Waals surface area contributed by atoms with Gasteiger partial charge in [0.1, 0.15) is 0 Å². The lowest BCUT2D eigenvalue weighted by Gasteiger charge is -2.32. The van der Waals surface area contributed by atoms with Gasteiger partial charge in [0.05, 0.1) is 0 Å². The first-order valence-corrected chi connectivity index (χ1v) is 7.17. The zero-order valence-electron chi connectivity index (χ0n) is 10.6. The van der Waals surface area contributed by atoms with Gasteiger partial charge >= 0.3 is 0 Å². The zero-order chi connectivity index (χ0) is 13.2. The van der Waals surface area contributed by atoms with Crippen LogP contribution in [0.4, 0.5) is 11.4 Å². The molecule has 0 atom stereocenters. The van der Waals surface area contributed by atoms with E-state index in [0.29, 0.717) is 5.69 Å². The maximum Gasteiger partial charge on any atom is 0.230 e. The van der Waals surface area contributed by atoms with Crippen molar-refractivity contribution in [3.8, 4) is 0 Å². The number of rotatable bonds is 2. The van der Waals surface area contributed by atoms with Crippen molar-refractivity contribution in [3.05, 3.63) is 22.7 Å². The normalized spacial score (nSPS) is 18.3. The molecule has 1 amide bonds. The molecule has 1 aromatic rings. The Kier molecular flexibility index (Phi) is 3.95. The Morgan fingerprint density at radius 1 is 1.33 bits per heavy atom. The Morgan fingerprint density at radius 2 is 2.00 bits per heavy atom. The Labute approximate surface area is 116 Å². The van der Waals surface area contributed by atoms with Crippen molar-refractivity contribution >= 4 is 33.2 Å². The maximum atomic E-state index is 12.3. The van der Waals surface area contributed by atoms with Gasteiger partial charge in [0.15, 0.2) is 0 Å². The zero-order valence-corrected chi connectivity index (χ0v) is 12.2. The van der Waals surface area contributed by atoms with Crippen LogP contribution in [0.25, 0.3) is 0 Å². The second-order valence-electron chi connectivity index (χ2n) is 5.31. The van der Waals surface area contributed by atoms with Crippen molar-refractivity contribution in [2.45, 2.75) is 39.0 Å². The van der Waals surface area contributed by atoms with E-state index in [2.05, 4.69) is 28.2 Å². The molecule has 3 nitrogen and oxygen atoms in total. The lowest BCUT2D eigenvalue weighted by atomic mass is 9.75. The first-order chi connectivity index (χ1) is 8.51. The standard InChI is InChI=1S/C14H19BrN2O/c1-14(7-3-2-4-8-14)13(18)17-10-5-6-11(15)12(16)9-10/h5-6,9H,2-4,7-8,16H2,1H3,(H,17,18). The summed E-state index contributed by atoms with van der Waals surface area (Å²) < 4.78 is 0.851. The largest absolute Gasteiger partial charge is 0.398 e. The summed E-state index contributed by atoms with van der Waals surface area (Å²) in [5.41, 5.74) is 7.00. The predicted molar refractivity (Wildman–Crippen MR) is 78.4 cm³/mol. The maximum absolute atomic E-state index is 12.3. The number of carbonyl (C=O) groups is 1. The molecule has 4 heteroatoms. The van der Waals surface area contributed by atoms with Gasteiger partial charge in [-0.25, -0.2) is 0 Å². The molecule has 0 radical (unpaired) electrons. The molecule has 1 aromatic carbocycles. The average molecular weight is 311 g/mol. The summed E-state index contributed by atoms with van der Waals surface area (Å²) in [7, 11) is 0. The number of hydrogen-bond acceptors (Lipinski definition) is 2. The van der Waals surface area contributed by atoms with Crippen LogP contribution >= 0.6 is 15.9 Å². The van der Waals surface area contributed by atoms with Crippen LogP contribution in [0, 0.1) is 5.41 Å². The second kappa shape index (κ2) is 5.31. The van der Waals surface area contributed by atoms with Gasteiger partial charge in [0, 0.05) is 21.3 Å². The van der Waals surface area contributed by atoms with Crippen LogP contribution in [0.2, 0.25) is 0 Å². The Hall–Kier alpha value is -1.03. The van der Waals surface area contributed by atoms with E-state index in [-0.39, 0.29) is 11.3 Å². The highest BCUT2D eigenvalue weighted by molar-refractivity contribution is 9.10. The molecule has 0 bridgehead atoms. The van der Waals surface area contributed by atoms with Crippen molar-refractivity contribution in [3.63, 3.8) is 0 Å². The molecule has 1 fully saturated rings. The smallest absolute Gasteiger partial charge is 0.230 e. The summed E-state index contributed by atoms with van der Waals surface area (Å²) >= 11 is 3.35. The van der Waals surface area contributed by atoms with Gasteiger partial charge < -0.3 is 11.1 Å². The van der Waals surface area contributed by atoms with E-state index in [0.717, 1.165) is 35.8 Å². The molecular weight excluding hydrogens is 292 g/mol. The minimum atomic E-state index is -0.222. The summed E-state index contributed by atoms with van der Waals surface area (Å²) in [6.45, 7) is 2.06. The molecule has 0 spiro atoms. The first-order valence-electron chi connectivity index (χ1n) is 6.38. The lowest BCUT2D eigenvalue weighted by molar-refractivity contribution is -0.126. The van der Waals surface area contributed by atoms with Crippen molar-refractivity contribution in [2.75, 3.05) is 11.1 Å². The molecule has 0 heterocycles. The average Bonchev–Trinajstić information content (AvgIpc) is 2.35. The molecule has 0 aliphatic heterocycles. The number of halogens is 1. The van der Waals surface area contributed by atoms with Crippen molar-refractivity contribution in [1.82, 2.24) is 0 Å². The van der Waals surface area contributed by atoms with Crippen LogP contribution in [0.1, 0.15) is 39.0 Å². The molecular formula is C14H19BrN2O. The predicted octanol–water partition coefficient (Wildman–Crippen LogP) is 3.94. The van der Waals surface area contributed by atoms with Crippen molar-refractivity contribution < 1.29 is 4.79 Å². The third-order valence-corrected chi connectivity index (χ3v) is 4.48. The van der Waals surface area contributed by atoms with E-state index in [1.807, 2.05) is 12.1 Å². The van der Waals surface area contributed by atoms with Crippen molar-refractivity contribution in [1.29, 1.82) is 0 Å². The topological polar surface area (TPSA) is 55.1 Å². The van der Waals surface area contributed by atoms with E-state index >= 15 is 0 Å². The fraction of sp³-hybridized carbons (Fsp3) is 0.500. The molecule has 2 rings (SSSR count). The molecule has 1 aliphatic carbocycles. The third-order valence-electron chi connectivity index (χ3n) is 3.76. The van der Waals surface area contributed by atoms with E-state index in [4.69, 9.17) is 5.73 Å². The van der Waals surface area contributed by atoms with E-state index < -0.39 is 0 Å². The molecule has 18 heavy (non-hydrogen) atoms. The van der Waals surface area contributed by atoms with Gasteiger partial charge in [0.25, 0.3) is 0 Å². The first kappa shape index (κ1) is 13.4. The lowest BCUT2D eigenvalue weighted by Crippen LogP contribution is -2.35. The van der Waals surface area contributed by atoms with Gasteiger partial charge in [-0.2, -0.15) is 0 Å². The van der Waals surface area contributed by atoms with Crippen molar-refractivity contribution in [2.24, 2.45) is 5.41 Å². The Bertz CT molecular complexity index is 453. The fourth-order valence-electron chi connectivity index (χ4n) is 2.46. The molecule has 0 saturated heterocycles. The van der Waals surface area contributed by atoms with Gasteiger partial charge in [-0.05, 0) is 47.0 Å². The summed E-state index contributed by atoms with van der Waals surface area (Å²) in [4.78, 5) is 12.3. The van der Waals surface area contributed by atoms with Crippen LogP contribution in [-0.2, 0) is 4.79 Å². The van der Waals surface area contributed by atoms with Crippen LogP contribution < -0.4 is 11.1 Å². The number of nitrogens with two attached hydrogens (primary N) is 1. The number of benzene rings is 1. The Balaban J connectivity index is 2.08. The van der Waals surface area contributed by atoms with Crippen LogP contribution in [0.3, 0.4) is 0 Å². The molecule has 3 N–H and O–H groups in total. The fourth-order valence-corrected chi connectivity index (χ4v) is 2.71. The summed E-state index contributed by atoms with van der Waals surface area (Å²) in [6, 6.07) is 5.51. The number of amides is 1. The molecule has 1 aliphatic rings. The summed E-state index contributed by atoms with van der Waals surface area (Å²) in [6.07, 6.45) is 5.49. The molecule has 0 aromatic heterocycles. The van der Waals surface area contributed by atoms with E-state index in [9.17, 15) is 4.79 Å². The van der Waals surface area contributed by atoms with Gasteiger partial charge in [-0.3, -0.25) is 4.79 Å². The number of anilines is 2. The molecule has 0 unspecified atom stereocenters. The summed E-state index contributed by atoms with van der Waals surface area (Å²) in [5, 5.41) is 2.98. The van der Waals surface area contributed by atoms with E-state index in [1.165, 1.54) is 6.42 Å². The number of hydrogen-bond donors (Lipinski definition) is 2. The number of carbonyl (C=O) groups excluding carboxylic acids is 1. The molecule has 98 valence electrons. The highest BCUT2D eigenvalue weighted by atomic mass is 79.9. The summed E-state index contributed by atoms with van der Waals surface area (Å²) in [5.74, 6) is 0.115. The van der Waals surface area contributed by atoms with Crippen LogP contribution in [0.15, 0.2) is 22.7 Å². The highest BCUT2D eigenvalue weighted by Gasteiger charge is 2.34. The SMILES string of the molecule is CC1(C(=O)Nc2ccc(Br)c(N)c2)CCCCC1. The number of nitrogens with one attached hydrogen (secondary N) is 1. The van der Waals surface area contributed by atoms with Gasteiger partial charge in [-0.1, -0.05) is 26.2 Å². The Morgan fingerprint density at radius 3 is 2.61 bits per heavy atom. The monoisotopic (exact) mass is 310 g/mol. The minimum absolute atomic E-state index is 0.115. The minimum Gasteiger partial charge on any atom is -0.398 e. The quantitative estimate of drug-likeness (QED) is 0.813. The third kappa shape index (κ3) is 2.86.